The second-order valence-electron chi connectivity index (χ2n) is 7.36. The summed E-state index contributed by atoms with van der Waals surface area (Å²) in [4.78, 5) is 47.0. The summed E-state index contributed by atoms with van der Waals surface area (Å²) in [6.45, 7) is 1.47. The van der Waals surface area contributed by atoms with Gasteiger partial charge in [0.25, 0.3) is 5.91 Å². The molecule has 2 aromatic rings. The van der Waals surface area contributed by atoms with Crippen molar-refractivity contribution in [3.63, 3.8) is 0 Å². The highest BCUT2D eigenvalue weighted by molar-refractivity contribution is 7.12. The Kier molecular flexibility index (Phi) is 5.89. The molecule has 4 heterocycles. The van der Waals surface area contributed by atoms with Gasteiger partial charge in [0.05, 0.1) is 17.1 Å². The molecule has 8 heteroatoms. The first kappa shape index (κ1) is 19.6. The molecular weight excluding hydrogens is 388 g/mol. The molecule has 0 unspecified atom stereocenters. The summed E-state index contributed by atoms with van der Waals surface area (Å²) >= 11 is 1.39. The number of carbonyl (C=O) groups excluding carboxylic acids is 3. The number of nitrogens with one attached hydrogen (secondary N) is 1. The zero-order valence-electron chi connectivity index (χ0n) is 16.1. The molecule has 4 rings (SSSR count). The molecule has 2 atom stereocenters. The van der Waals surface area contributed by atoms with Crippen molar-refractivity contribution >= 4 is 29.1 Å². The molecule has 7 nitrogen and oxygen atoms in total. The fourth-order valence-corrected chi connectivity index (χ4v) is 4.78. The van der Waals surface area contributed by atoms with E-state index in [-0.39, 0.29) is 17.7 Å². The van der Waals surface area contributed by atoms with Crippen molar-refractivity contribution in [1.29, 1.82) is 0 Å². The standard InChI is InChI=1S/C21H24N4O3S/c26-19(23-14-15-6-1-2-10-22-15)16-7-3-11-24(16)20(27)17-8-4-12-25(17)21(28)18-9-5-13-29-18/h1-2,5-6,9-10,13,16-17H,3-4,7-8,11-12,14H2,(H,23,26)/t16-,17-/m0/s1. The van der Waals surface area contributed by atoms with Crippen LogP contribution in [0.4, 0.5) is 0 Å². The Balaban J connectivity index is 1.41. The number of nitrogens with zero attached hydrogens (tertiary/aromatic N) is 3. The normalized spacial score (nSPS) is 21.4. The molecule has 0 radical (unpaired) electrons. The highest BCUT2D eigenvalue weighted by Crippen LogP contribution is 2.27. The van der Waals surface area contributed by atoms with E-state index in [4.69, 9.17) is 0 Å². The van der Waals surface area contributed by atoms with Crippen LogP contribution in [0.3, 0.4) is 0 Å². The second-order valence-corrected chi connectivity index (χ2v) is 8.31. The highest BCUT2D eigenvalue weighted by Gasteiger charge is 2.42. The number of amides is 3. The van der Waals surface area contributed by atoms with Gasteiger partial charge >= 0.3 is 0 Å². The van der Waals surface area contributed by atoms with Crippen LogP contribution in [-0.2, 0) is 16.1 Å². The van der Waals surface area contributed by atoms with Gasteiger partial charge in [-0.2, -0.15) is 0 Å². The predicted molar refractivity (Wildman–Crippen MR) is 109 cm³/mol. The Hall–Kier alpha value is -2.74. The minimum atomic E-state index is -0.481. The number of hydrogen-bond donors (Lipinski definition) is 1. The number of likely N-dealkylation sites (tertiary alicyclic amines) is 2. The van der Waals surface area contributed by atoms with Crippen LogP contribution in [0.15, 0.2) is 41.9 Å². The Morgan fingerprint density at radius 1 is 1.03 bits per heavy atom. The van der Waals surface area contributed by atoms with Crippen molar-refractivity contribution in [2.75, 3.05) is 13.1 Å². The molecule has 3 amide bonds. The van der Waals surface area contributed by atoms with E-state index >= 15 is 0 Å². The van der Waals surface area contributed by atoms with Gasteiger partial charge in [0.2, 0.25) is 11.8 Å². The van der Waals surface area contributed by atoms with Crippen LogP contribution < -0.4 is 5.32 Å². The summed E-state index contributed by atoms with van der Waals surface area (Å²) in [7, 11) is 0. The first-order valence-electron chi connectivity index (χ1n) is 9.98. The van der Waals surface area contributed by atoms with Crippen LogP contribution in [0.5, 0.6) is 0 Å². The zero-order valence-corrected chi connectivity index (χ0v) is 16.9. The van der Waals surface area contributed by atoms with Gasteiger partial charge < -0.3 is 15.1 Å². The van der Waals surface area contributed by atoms with Crippen molar-refractivity contribution in [2.24, 2.45) is 0 Å². The maximum atomic E-state index is 13.3. The molecule has 2 saturated heterocycles. The van der Waals surface area contributed by atoms with Crippen molar-refractivity contribution < 1.29 is 14.4 Å². The lowest BCUT2D eigenvalue weighted by Gasteiger charge is -2.30. The minimum Gasteiger partial charge on any atom is -0.349 e. The van der Waals surface area contributed by atoms with E-state index < -0.39 is 12.1 Å². The van der Waals surface area contributed by atoms with Gasteiger partial charge in [0, 0.05) is 19.3 Å². The van der Waals surface area contributed by atoms with E-state index in [1.54, 1.807) is 22.1 Å². The largest absolute Gasteiger partial charge is 0.349 e. The van der Waals surface area contributed by atoms with Crippen molar-refractivity contribution in [3.8, 4) is 0 Å². The first-order chi connectivity index (χ1) is 14.1. The average Bonchev–Trinajstić information content (AvgIpc) is 3.52. The Bertz CT molecular complexity index is 871. The van der Waals surface area contributed by atoms with Crippen LogP contribution in [0.2, 0.25) is 0 Å². The molecule has 2 fully saturated rings. The van der Waals surface area contributed by atoms with Gasteiger partial charge in [-0.1, -0.05) is 12.1 Å². The van der Waals surface area contributed by atoms with Crippen molar-refractivity contribution in [2.45, 2.75) is 44.3 Å². The molecule has 0 spiro atoms. The van der Waals surface area contributed by atoms with Gasteiger partial charge in [-0.3, -0.25) is 19.4 Å². The van der Waals surface area contributed by atoms with Gasteiger partial charge in [0.15, 0.2) is 0 Å². The summed E-state index contributed by atoms with van der Waals surface area (Å²) in [5.41, 5.74) is 0.778. The lowest BCUT2D eigenvalue weighted by molar-refractivity contribution is -0.141. The molecule has 2 aromatic heterocycles. The van der Waals surface area contributed by atoms with Gasteiger partial charge in [-0.25, -0.2) is 0 Å². The van der Waals surface area contributed by atoms with E-state index in [1.807, 2.05) is 29.6 Å². The number of pyridine rings is 1. The number of rotatable bonds is 5. The van der Waals surface area contributed by atoms with E-state index in [1.165, 1.54) is 11.3 Å². The van der Waals surface area contributed by atoms with E-state index in [2.05, 4.69) is 10.3 Å². The third-order valence-electron chi connectivity index (χ3n) is 5.54. The monoisotopic (exact) mass is 412 g/mol. The molecule has 0 saturated carbocycles. The number of aromatic nitrogens is 1. The van der Waals surface area contributed by atoms with Gasteiger partial charge in [-0.05, 0) is 49.3 Å². The summed E-state index contributed by atoms with van der Waals surface area (Å²) in [5, 5.41) is 4.76. The van der Waals surface area contributed by atoms with E-state index in [9.17, 15) is 14.4 Å². The van der Waals surface area contributed by atoms with Gasteiger partial charge in [-0.15, -0.1) is 11.3 Å². The molecule has 0 aliphatic carbocycles. The second kappa shape index (κ2) is 8.73. The van der Waals surface area contributed by atoms with Crippen LogP contribution in [0, 0.1) is 0 Å². The smallest absolute Gasteiger partial charge is 0.264 e. The Morgan fingerprint density at radius 3 is 2.55 bits per heavy atom. The van der Waals surface area contributed by atoms with Crippen LogP contribution >= 0.6 is 11.3 Å². The molecular formula is C21H24N4O3S. The molecule has 1 N–H and O–H groups in total. The Morgan fingerprint density at radius 2 is 1.83 bits per heavy atom. The summed E-state index contributed by atoms with van der Waals surface area (Å²) in [6, 6.07) is 8.22. The third kappa shape index (κ3) is 4.17. The van der Waals surface area contributed by atoms with Crippen LogP contribution in [0.1, 0.15) is 41.0 Å². The average molecular weight is 413 g/mol. The topological polar surface area (TPSA) is 82.6 Å². The first-order valence-corrected chi connectivity index (χ1v) is 10.9. The maximum Gasteiger partial charge on any atom is 0.264 e. The fraction of sp³-hybridized carbons (Fsp3) is 0.429. The predicted octanol–water partition coefficient (Wildman–Crippen LogP) is 2.06. The van der Waals surface area contributed by atoms with Crippen molar-refractivity contribution in [1.82, 2.24) is 20.1 Å². The fourth-order valence-electron chi connectivity index (χ4n) is 4.10. The molecule has 29 heavy (non-hydrogen) atoms. The quantitative estimate of drug-likeness (QED) is 0.815. The number of carbonyl (C=O) groups is 3. The summed E-state index contributed by atoms with van der Waals surface area (Å²) in [6.07, 6.45) is 4.57. The van der Waals surface area contributed by atoms with Crippen molar-refractivity contribution in [3.05, 3.63) is 52.5 Å². The van der Waals surface area contributed by atoms with Crippen LogP contribution in [0.25, 0.3) is 0 Å². The summed E-state index contributed by atoms with van der Waals surface area (Å²) < 4.78 is 0. The highest BCUT2D eigenvalue weighted by atomic mass is 32.1. The third-order valence-corrected chi connectivity index (χ3v) is 6.40. The number of thiophene rings is 1. The zero-order chi connectivity index (χ0) is 20.2. The molecule has 152 valence electrons. The minimum absolute atomic E-state index is 0.0915. The molecule has 0 bridgehead atoms. The Labute approximate surface area is 173 Å². The lowest BCUT2D eigenvalue weighted by atomic mass is 10.1. The van der Waals surface area contributed by atoms with Gasteiger partial charge in [0.1, 0.15) is 12.1 Å². The van der Waals surface area contributed by atoms with E-state index in [0.29, 0.717) is 37.4 Å². The van der Waals surface area contributed by atoms with E-state index in [0.717, 1.165) is 18.5 Å². The number of hydrogen-bond acceptors (Lipinski definition) is 5. The lowest BCUT2D eigenvalue weighted by Crippen LogP contribution is -2.52. The SMILES string of the molecule is O=C(NCc1ccccn1)[C@@H]1CCCN1C(=O)[C@@H]1CCCN1C(=O)c1cccs1. The van der Waals surface area contributed by atoms with Crippen LogP contribution in [-0.4, -0.2) is 57.7 Å². The molecule has 0 aromatic carbocycles. The molecule has 2 aliphatic rings. The molecule has 2 aliphatic heterocycles. The summed E-state index contributed by atoms with van der Waals surface area (Å²) in [5.74, 6) is -0.357. The maximum absolute atomic E-state index is 13.3.